The van der Waals surface area contributed by atoms with Gasteiger partial charge >= 0.3 is 6.03 Å². The van der Waals surface area contributed by atoms with Crippen LogP contribution in [-0.2, 0) is 5.41 Å². The van der Waals surface area contributed by atoms with E-state index in [4.69, 9.17) is 20.9 Å². The van der Waals surface area contributed by atoms with E-state index in [1.54, 1.807) is 18.2 Å². The third-order valence-electron chi connectivity index (χ3n) is 6.04. The van der Waals surface area contributed by atoms with Gasteiger partial charge in [-0.3, -0.25) is 10.2 Å². The lowest BCUT2D eigenvalue weighted by molar-refractivity contribution is 0.183. The molecule has 2 aromatic carbocycles. The molecule has 7 nitrogen and oxygen atoms in total. The summed E-state index contributed by atoms with van der Waals surface area (Å²) in [5.74, 6) is 8.03. The minimum atomic E-state index is -0.405. The van der Waals surface area contributed by atoms with Crippen molar-refractivity contribution in [2.24, 2.45) is 0 Å². The van der Waals surface area contributed by atoms with Gasteiger partial charge in [0.1, 0.15) is 18.1 Å². The molecule has 0 bridgehead atoms. The zero-order chi connectivity index (χ0) is 26.3. The van der Waals surface area contributed by atoms with Crippen LogP contribution in [0.4, 0.5) is 16.3 Å². The van der Waals surface area contributed by atoms with Crippen molar-refractivity contribution in [3.63, 3.8) is 0 Å². The van der Waals surface area contributed by atoms with Crippen molar-refractivity contribution in [2.45, 2.75) is 45.4 Å². The van der Waals surface area contributed by atoms with Gasteiger partial charge in [-0.1, -0.05) is 55.8 Å². The zero-order valence-electron chi connectivity index (χ0n) is 21.6. The van der Waals surface area contributed by atoms with Crippen molar-refractivity contribution in [3.8, 4) is 17.6 Å². The summed E-state index contributed by atoms with van der Waals surface area (Å²) in [5, 5.41) is 9.90. The fourth-order valence-corrected chi connectivity index (χ4v) is 4.12. The lowest BCUT2D eigenvalue weighted by atomic mass is 9.93. The second-order valence-corrected chi connectivity index (χ2v) is 10.5. The number of nitrogens with one attached hydrogen (secondary N) is 2. The highest BCUT2D eigenvalue weighted by Crippen LogP contribution is 2.25. The number of piperidine rings is 1. The summed E-state index contributed by atoms with van der Waals surface area (Å²) < 4.78 is 11.2. The fourth-order valence-electron chi connectivity index (χ4n) is 3.91. The van der Waals surface area contributed by atoms with Gasteiger partial charge in [0, 0.05) is 40.9 Å². The van der Waals surface area contributed by atoms with Crippen molar-refractivity contribution in [1.29, 1.82) is 0 Å². The molecule has 3 aromatic rings. The molecule has 4 rings (SSSR count). The number of urea groups is 1. The van der Waals surface area contributed by atoms with Crippen LogP contribution in [0.3, 0.4) is 0 Å². The normalized spacial score (nSPS) is 13.9. The Morgan fingerprint density at radius 3 is 2.49 bits per heavy atom. The number of likely N-dealkylation sites (tertiary alicyclic amines) is 1. The van der Waals surface area contributed by atoms with Gasteiger partial charge in [0.15, 0.2) is 5.82 Å². The van der Waals surface area contributed by atoms with Crippen molar-refractivity contribution in [1.82, 2.24) is 10.1 Å². The summed E-state index contributed by atoms with van der Waals surface area (Å²) in [7, 11) is 0. The Balaban J connectivity index is 1.27. The van der Waals surface area contributed by atoms with E-state index in [0.717, 1.165) is 36.5 Å². The van der Waals surface area contributed by atoms with Gasteiger partial charge < -0.3 is 14.6 Å². The zero-order valence-corrected chi connectivity index (χ0v) is 22.3. The summed E-state index contributed by atoms with van der Waals surface area (Å²) in [4.78, 5) is 14.7. The Kier molecular flexibility index (Phi) is 8.75. The smallest absolute Gasteiger partial charge is 0.324 e. The van der Waals surface area contributed by atoms with Crippen LogP contribution in [0.15, 0.2) is 53.1 Å². The predicted molar refractivity (Wildman–Crippen MR) is 148 cm³/mol. The molecule has 194 valence electrons. The largest absolute Gasteiger partial charge is 0.492 e. The standard InChI is InChI=1S/C29H33ClN4O3/c1-29(2,3)26-20-27(33-37-26)32-28(35)31-23-12-8-21(9-13-23)7-10-22-11-14-24(19-25(22)30)36-18-17-34-15-5-4-6-16-34/h8-9,11-14,19-20H,4-6,15-18H2,1-3H3,(H2,31,32,33,35). The molecule has 1 aromatic heterocycles. The van der Waals surface area contributed by atoms with Gasteiger partial charge in [0.05, 0.1) is 5.02 Å². The molecule has 0 radical (unpaired) electrons. The van der Waals surface area contributed by atoms with E-state index in [1.165, 1.54) is 19.3 Å². The number of halogens is 1. The average molecular weight is 521 g/mol. The number of ether oxygens (including phenoxy) is 1. The van der Waals surface area contributed by atoms with Crippen LogP contribution in [0.25, 0.3) is 0 Å². The molecule has 0 unspecified atom stereocenters. The molecule has 0 atom stereocenters. The minimum absolute atomic E-state index is 0.188. The molecular weight excluding hydrogens is 488 g/mol. The van der Waals surface area contributed by atoms with Crippen LogP contribution >= 0.6 is 11.6 Å². The number of hydrogen-bond donors (Lipinski definition) is 2. The Hall–Kier alpha value is -3.47. The van der Waals surface area contributed by atoms with Crippen LogP contribution < -0.4 is 15.4 Å². The van der Waals surface area contributed by atoms with Crippen molar-refractivity contribution < 1.29 is 14.1 Å². The number of nitrogens with zero attached hydrogens (tertiary/aromatic N) is 2. The third kappa shape index (κ3) is 8.01. The van der Waals surface area contributed by atoms with Gasteiger partial charge in [0.2, 0.25) is 0 Å². The molecule has 1 aliphatic heterocycles. The molecular formula is C29H33ClN4O3. The first-order valence-electron chi connectivity index (χ1n) is 12.6. The van der Waals surface area contributed by atoms with Crippen molar-refractivity contribution in [2.75, 3.05) is 36.9 Å². The highest BCUT2D eigenvalue weighted by Gasteiger charge is 2.20. The van der Waals surface area contributed by atoms with E-state index in [9.17, 15) is 4.79 Å². The quantitative estimate of drug-likeness (QED) is 0.361. The molecule has 2 N–H and O–H groups in total. The first-order chi connectivity index (χ1) is 17.8. The summed E-state index contributed by atoms with van der Waals surface area (Å²) in [5.41, 5.74) is 1.98. The molecule has 1 saturated heterocycles. The van der Waals surface area contributed by atoms with Crippen LogP contribution in [-0.4, -0.2) is 42.3 Å². The maximum Gasteiger partial charge on any atom is 0.324 e. The van der Waals surface area contributed by atoms with Crippen LogP contribution in [0.2, 0.25) is 5.02 Å². The molecule has 0 aliphatic carbocycles. The monoisotopic (exact) mass is 520 g/mol. The molecule has 2 heterocycles. The summed E-state index contributed by atoms with van der Waals surface area (Å²) in [6.45, 7) is 9.93. The SMILES string of the molecule is CC(C)(C)c1cc(NC(=O)Nc2ccc(C#Cc3ccc(OCCN4CCCCC4)cc3Cl)cc2)no1. The number of carbonyl (C=O) groups is 1. The maximum absolute atomic E-state index is 12.3. The highest BCUT2D eigenvalue weighted by molar-refractivity contribution is 6.31. The minimum Gasteiger partial charge on any atom is -0.492 e. The number of carbonyl (C=O) groups excluding carboxylic acids is 1. The number of benzene rings is 2. The molecule has 1 aliphatic rings. The Morgan fingerprint density at radius 1 is 1.05 bits per heavy atom. The first-order valence-corrected chi connectivity index (χ1v) is 13.0. The van der Waals surface area contributed by atoms with Gasteiger partial charge in [-0.25, -0.2) is 4.79 Å². The topological polar surface area (TPSA) is 79.6 Å². The maximum atomic E-state index is 12.3. The molecule has 0 saturated carbocycles. The van der Waals surface area contributed by atoms with Gasteiger partial charge in [-0.2, -0.15) is 0 Å². The second kappa shape index (κ2) is 12.2. The highest BCUT2D eigenvalue weighted by atomic mass is 35.5. The predicted octanol–water partition coefficient (Wildman–Crippen LogP) is 6.53. The van der Waals surface area contributed by atoms with E-state index in [0.29, 0.717) is 28.9 Å². The Morgan fingerprint density at radius 2 is 1.81 bits per heavy atom. The molecule has 1 fully saturated rings. The van der Waals surface area contributed by atoms with Crippen molar-refractivity contribution >= 4 is 29.1 Å². The fraction of sp³-hybridized carbons (Fsp3) is 0.379. The van der Waals surface area contributed by atoms with E-state index in [-0.39, 0.29) is 5.41 Å². The number of aromatic nitrogens is 1. The van der Waals surface area contributed by atoms with Gasteiger partial charge in [-0.15, -0.1) is 0 Å². The van der Waals surface area contributed by atoms with E-state index >= 15 is 0 Å². The number of hydrogen-bond acceptors (Lipinski definition) is 5. The summed E-state index contributed by atoms with van der Waals surface area (Å²) >= 11 is 6.44. The lowest BCUT2D eigenvalue weighted by Gasteiger charge is -2.26. The Labute approximate surface area is 223 Å². The van der Waals surface area contributed by atoms with Crippen LogP contribution in [0.1, 0.15) is 56.9 Å². The van der Waals surface area contributed by atoms with Crippen LogP contribution in [0, 0.1) is 11.8 Å². The Bertz CT molecular complexity index is 1260. The summed E-state index contributed by atoms with van der Waals surface area (Å²) in [6, 6.07) is 14.1. The van der Waals surface area contributed by atoms with Gasteiger partial charge in [0.25, 0.3) is 0 Å². The van der Waals surface area contributed by atoms with Crippen LogP contribution in [0.5, 0.6) is 5.75 Å². The average Bonchev–Trinajstić information content (AvgIpc) is 3.34. The number of rotatable bonds is 6. The van der Waals surface area contributed by atoms with Gasteiger partial charge in [-0.05, 0) is 62.3 Å². The number of anilines is 2. The third-order valence-corrected chi connectivity index (χ3v) is 6.35. The lowest BCUT2D eigenvalue weighted by Crippen LogP contribution is -2.33. The first kappa shape index (κ1) is 26.6. The van der Waals surface area contributed by atoms with Crippen molar-refractivity contribution in [3.05, 3.63) is 70.4 Å². The molecule has 8 heteroatoms. The van der Waals surface area contributed by atoms with E-state index < -0.39 is 6.03 Å². The number of amides is 2. The van der Waals surface area contributed by atoms with E-state index in [2.05, 4.69) is 32.5 Å². The molecule has 37 heavy (non-hydrogen) atoms. The van der Waals surface area contributed by atoms with E-state index in [1.807, 2.05) is 51.1 Å². The molecule has 2 amide bonds. The second-order valence-electron chi connectivity index (χ2n) is 10.1. The molecule has 0 spiro atoms. The summed E-state index contributed by atoms with van der Waals surface area (Å²) in [6.07, 6.45) is 3.88.